The maximum atomic E-state index is 11.5. The van der Waals surface area contributed by atoms with Gasteiger partial charge >= 0.3 is 12.1 Å². The number of hydrogen-bond donors (Lipinski definition) is 3. The summed E-state index contributed by atoms with van der Waals surface area (Å²) >= 11 is 0. The van der Waals surface area contributed by atoms with Crippen molar-refractivity contribution >= 4 is 18.0 Å². The van der Waals surface area contributed by atoms with Crippen molar-refractivity contribution in [1.82, 2.24) is 10.6 Å². The van der Waals surface area contributed by atoms with E-state index in [9.17, 15) is 14.4 Å². The van der Waals surface area contributed by atoms with E-state index in [-0.39, 0.29) is 18.2 Å². The van der Waals surface area contributed by atoms with Crippen LogP contribution in [0.15, 0.2) is 0 Å². The van der Waals surface area contributed by atoms with Crippen LogP contribution in [-0.2, 0) is 14.3 Å². The van der Waals surface area contributed by atoms with Crippen LogP contribution in [0.1, 0.15) is 33.6 Å². The number of carboxylic acid groups (broad SMARTS) is 1. The number of hydrogen-bond acceptors (Lipinski definition) is 4. The van der Waals surface area contributed by atoms with Crippen molar-refractivity contribution in [1.29, 1.82) is 0 Å². The highest BCUT2D eigenvalue weighted by atomic mass is 16.6. The third-order valence-corrected chi connectivity index (χ3v) is 2.67. The molecule has 0 bridgehead atoms. The van der Waals surface area contributed by atoms with Crippen LogP contribution in [0, 0.1) is 5.92 Å². The van der Waals surface area contributed by atoms with Crippen molar-refractivity contribution in [2.45, 2.75) is 45.3 Å². The van der Waals surface area contributed by atoms with E-state index in [1.807, 2.05) is 0 Å². The number of nitrogens with one attached hydrogen (secondary N) is 2. The van der Waals surface area contributed by atoms with Crippen LogP contribution >= 0.6 is 0 Å². The second-order valence-electron chi connectivity index (χ2n) is 5.55. The molecule has 7 nitrogen and oxygen atoms in total. The highest BCUT2D eigenvalue weighted by molar-refractivity contribution is 5.83. The lowest BCUT2D eigenvalue weighted by Gasteiger charge is -2.22. The third kappa shape index (κ3) is 5.15. The van der Waals surface area contributed by atoms with Crippen molar-refractivity contribution in [3.63, 3.8) is 0 Å². The molecule has 0 aromatic carbocycles. The van der Waals surface area contributed by atoms with Gasteiger partial charge in [-0.25, -0.2) is 9.59 Å². The van der Waals surface area contributed by atoms with E-state index in [0.717, 1.165) is 0 Å². The first-order chi connectivity index (χ1) is 8.69. The Kier molecular flexibility index (Phi) is 4.74. The molecule has 1 fully saturated rings. The molecule has 2 amide bonds. The minimum absolute atomic E-state index is 0.0699. The van der Waals surface area contributed by atoms with E-state index in [2.05, 4.69) is 10.6 Å². The molecule has 19 heavy (non-hydrogen) atoms. The highest BCUT2D eigenvalue weighted by Crippen LogP contribution is 2.16. The number of carbonyl (C=O) groups excluding carboxylic acids is 2. The average molecular weight is 272 g/mol. The molecule has 108 valence electrons. The minimum Gasteiger partial charge on any atom is -0.480 e. The molecule has 0 aromatic heterocycles. The maximum absolute atomic E-state index is 11.5. The monoisotopic (exact) mass is 272 g/mol. The number of carbonyl (C=O) groups is 3. The van der Waals surface area contributed by atoms with E-state index in [1.165, 1.54) is 0 Å². The summed E-state index contributed by atoms with van der Waals surface area (Å²) in [4.78, 5) is 34.0. The minimum atomic E-state index is -1.18. The molecule has 7 heteroatoms. The first kappa shape index (κ1) is 15.3. The Labute approximate surface area is 111 Å². The lowest BCUT2D eigenvalue weighted by Crippen LogP contribution is -2.45. The molecule has 3 N–H and O–H groups in total. The Morgan fingerprint density at radius 3 is 2.58 bits per heavy atom. The number of aliphatic carboxylic acids is 1. The lowest BCUT2D eigenvalue weighted by atomic mass is 9.98. The second kappa shape index (κ2) is 5.90. The van der Waals surface area contributed by atoms with Gasteiger partial charge in [-0.05, 0) is 33.6 Å². The maximum Gasteiger partial charge on any atom is 0.408 e. The molecule has 0 aromatic rings. The quantitative estimate of drug-likeness (QED) is 0.691. The Hall–Kier alpha value is -1.79. The molecule has 1 aliphatic rings. The summed E-state index contributed by atoms with van der Waals surface area (Å²) in [6, 6.07) is -1.12. The van der Waals surface area contributed by atoms with Crippen molar-refractivity contribution in [3.05, 3.63) is 0 Å². The van der Waals surface area contributed by atoms with Crippen LogP contribution in [0.2, 0.25) is 0 Å². The van der Waals surface area contributed by atoms with Crippen LogP contribution < -0.4 is 10.6 Å². The standard InChI is InChI=1S/C12H20N2O5/c1-12(2,3)19-11(18)14-8(10(16)17)6-7-4-5-13-9(7)15/h7-8H,4-6H2,1-3H3,(H,13,15)(H,14,18)(H,16,17)/t7-,8-/m1/s1. The molecule has 1 rings (SSSR count). The van der Waals surface area contributed by atoms with Gasteiger partial charge in [0.05, 0.1) is 0 Å². The molecule has 0 spiro atoms. The van der Waals surface area contributed by atoms with Crippen LogP contribution in [0.4, 0.5) is 4.79 Å². The molecule has 1 saturated heterocycles. The molecule has 0 saturated carbocycles. The average Bonchev–Trinajstić information content (AvgIpc) is 2.60. The predicted octanol–water partition coefficient (Wildman–Crippen LogP) is 0.491. The number of amides is 2. The number of alkyl carbamates (subject to hydrolysis) is 1. The normalized spacial score (nSPS) is 20.6. The Balaban J connectivity index is 2.56. The first-order valence-electron chi connectivity index (χ1n) is 6.19. The fourth-order valence-corrected chi connectivity index (χ4v) is 1.83. The summed E-state index contributed by atoms with van der Waals surface area (Å²) < 4.78 is 5.00. The molecular weight excluding hydrogens is 252 g/mol. The second-order valence-corrected chi connectivity index (χ2v) is 5.55. The highest BCUT2D eigenvalue weighted by Gasteiger charge is 2.32. The van der Waals surface area contributed by atoms with Gasteiger partial charge in [0, 0.05) is 12.5 Å². The van der Waals surface area contributed by atoms with E-state index in [0.29, 0.717) is 13.0 Å². The van der Waals surface area contributed by atoms with Gasteiger partial charge in [-0.1, -0.05) is 0 Å². The first-order valence-corrected chi connectivity index (χ1v) is 6.19. The molecule has 0 radical (unpaired) electrons. The Bertz CT molecular complexity index is 375. The Morgan fingerprint density at radius 2 is 2.16 bits per heavy atom. The van der Waals surface area contributed by atoms with Gasteiger partial charge in [-0.3, -0.25) is 4.79 Å². The van der Waals surface area contributed by atoms with E-state index >= 15 is 0 Å². The van der Waals surface area contributed by atoms with Crippen LogP contribution in [-0.4, -0.2) is 41.3 Å². The lowest BCUT2D eigenvalue weighted by molar-refractivity contribution is -0.140. The third-order valence-electron chi connectivity index (χ3n) is 2.67. The predicted molar refractivity (Wildman–Crippen MR) is 66.5 cm³/mol. The van der Waals surface area contributed by atoms with E-state index < -0.39 is 23.7 Å². The van der Waals surface area contributed by atoms with E-state index in [4.69, 9.17) is 9.84 Å². The van der Waals surface area contributed by atoms with Crippen LogP contribution in [0.5, 0.6) is 0 Å². The fourth-order valence-electron chi connectivity index (χ4n) is 1.83. The zero-order valence-corrected chi connectivity index (χ0v) is 11.4. The smallest absolute Gasteiger partial charge is 0.408 e. The van der Waals surface area contributed by atoms with Crippen molar-refractivity contribution in [2.24, 2.45) is 5.92 Å². The van der Waals surface area contributed by atoms with Crippen molar-refractivity contribution in [3.8, 4) is 0 Å². The van der Waals surface area contributed by atoms with Gasteiger partial charge in [0.15, 0.2) is 0 Å². The molecule has 1 aliphatic heterocycles. The summed E-state index contributed by atoms with van der Waals surface area (Å²) in [6.45, 7) is 5.61. The zero-order chi connectivity index (χ0) is 14.6. The topological polar surface area (TPSA) is 105 Å². The molecule has 0 unspecified atom stereocenters. The van der Waals surface area contributed by atoms with Crippen LogP contribution in [0.25, 0.3) is 0 Å². The Morgan fingerprint density at radius 1 is 1.53 bits per heavy atom. The van der Waals surface area contributed by atoms with Gasteiger partial charge in [-0.15, -0.1) is 0 Å². The number of ether oxygens (including phenoxy) is 1. The van der Waals surface area contributed by atoms with Gasteiger partial charge in [-0.2, -0.15) is 0 Å². The van der Waals surface area contributed by atoms with Crippen LogP contribution in [0.3, 0.4) is 0 Å². The van der Waals surface area contributed by atoms with Gasteiger partial charge in [0.2, 0.25) is 5.91 Å². The fraction of sp³-hybridized carbons (Fsp3) is 0.750. The van der Waals surface area contributed by atoms with Crippen molar-refractivity contribution < 1.29 is 24.2 Å². The van der Waals surface area contributed by atoms with Gasteiger partial charge in [0.1, 0.15) is 11.6 Å². The molecule has 2 atom stereocenters. The largest absolute Gasteiger partial charge is 0.480 e. The van der Waals surface area contributed by atoms with E-state index in [1.54, 1.807) is 20.8 Å². The number of carboxylic acids is 1. The van der Waals surface area contributed by atoms with Gasteiger partial charge < -0.3 is 20.5 Å². The molecular formula is C12H20N2O5. The number of rotatable bonds is 4. The molecule has 0 aliphatic carbocycles. The summed E-state index contributed by atoms with van der Waals surface area (Å²) in [5, 5.41) is 14.0. The van der Waals surface area contributed by atoms with Crippen molar-refractivity contribution in [2.75, 3.05) is 6.54 Å². The summed E-state index contributed by atoms with van der Waals surface area (Å²) in [6.07, 6.45) is -0.141. The summed E-state index contributed by atoms with van der Waals surface area (Å²) in [7, 11) is 0. The summed E-state index contributed by atoms with van der Waals surface area (Å²) in [5.74, 6) is -1.72. The summed E-state index contributed by atoms with van der Waals surface area (Å²) in [5.41, 5.74) is -0.697. The molecule has 1 heterocycles. The zero-order valence-electron chi connectivity index (χ0n) is 11.4. The SMILES string of the molecule is CC(C)(C)OC(=O)N[C@H](C[C@H]1CCNC1=O)C(=O)O. The van der Waals surface area contributed by atoms with Gasteiger partial charge in [0.25, 0.3) is 0 Å².